The van der Waals surface area contributed by atoms with Gasteiger partial charge in [0.25, 0.3) is 0 Å². The Bertz CT molecular complexity index is 406. The molecule has 4 nitrogen and oxygen atoms in total. The molecule has 20 heavy (non-hydrogen) atoms. The molecule has 4 atom stereocenters. The fourth-order valence-corrected chi connectivity index (χ4v) is 3.64. The molecule has 110 valence electrons. The lowest BCUT2D eigenvalue weighted by atomic mass is 9.80. The van der Waals surface area contributed by atoms with Crippen LogP contribution in [0.4, 0.5) is 0 Å². The van der Waals surface area contributed by atoms with Gasteiger partial charge in [0.2, 0.25) is 6.41 Å². The van der Waals surface area contributed by atoms with Crippen LogP contribution in [0.15, 0.2) is 12.7 Å². The van der Waals surface area contributed by atoms with E-state index in [-0.39, 0.29) is 17.5 Å². The Labute approximate surface area is 121 Å². The highest BCUT2D eigenvalue weighted by Gasteiger charge is 2.51. The molecule has 1 heterocycles. The average Bonchev–Trinajstić information content (AvgIpc) is 2.94. The minimum Gasteiger partial charge on any atom is -0.327 e. The summed E-state index contributed by atoms with van der Waals surface area (Å²) in [4.78, 5) is 12.0. The number of piperidine rings is 1. The van der Waals surface area contributed by atoms with Gasteiger partial charge < -0.3 is 10.6 Å². The van der Waals surface area contributed by atoms with Crippen molar-refractivity contribution in [3.8, 4) is 6.07 Å². The van der Waals surface area contributed by atoms with Crippen LogP contribution in [0.5, 0.6) is 0 Å². The van der Waals surface area contributed by atoms with E-state index in [1.165, 1.54) is 25.7 Å². The van der Waals surface area contributed by atoms with Crippen molar-refractivity contribution in [1.82, 2.24) is 4.90 Å². The van der Waals surface area contributed by atoms with Gasteiger partial charge in [-0.25, -0.2) is 0 Å². The summed E-state index contributed by atoms with van der Waals surface area (Å²) < 4.78 is 0. The Morgan fingerprint density at radius 1 is 1.45 bits per heavy atom. The van der Waals surface area contributed by atoms with Crippen LogP contribution in [-0.4, -0.2) is 29.4 Å². The smallest absolute Gasteiger partial charge is 0.211 e. The van der Waals surface area contributed by atoms with E-state index in [4.69, 9.17) is 11.0 Å². The zero-order chi connectivity index (χ0) is 14.8. The van der Waals surface area contributed by atoms with Gasteiger partial charge in [-0.2, -0.15) is 5.26 Å². The Morgan fingerprint density at radius 3 is 2.45 bits per heavy atom. The third-order valence-electron chi connectivity index (χ3n) is 5.27. The van der Waals surface area contributed by atoms with Gasteiger partial charge in [-0.05, 0) is 38.5 Å². The van der Waals surface area contributed by atoms with E-state index < -0.39 is 0 Å². The van der Waals surface area contributed by atoms with E-state index in [1.807, 2.05) is 0 Å². The number of likely N-dealkylation sites (tertiary alicyclic amines) is 1. The number of hydrogen-bond donors (Lipinski definition) is 1. The molecule has 0 aromatic heterocycles. The number of nitrogens with two attached hydrogens (primary N) is 1. The molecular weight excluding hydrogens is 250 g/mol. The molecular formula is C16H25N3O. The molecule has 2 saturated carbocycles. The largest absolute Gasteiger partial charge is 0.327 e. The molecule has 0 bridgehead atoms. The van der Waals surface area contributed by atoms with Crippen LogP contribution >= 0.6 is 0 Å². The highest BCUT2D eigenvalue weighted by Crippen LogP contribution is 2.46. The van der Waals surface area contributed by atoms with Gasteiger partial charge in [-0.1, -0.05) is 18.9 Å². The lowest BCUT2D eigenvalue weighted by Gasteiger charge is -2.28. The molecule has 1 saturated heterocycles. The number of fused-ring (bicyclic) bond motifs is 1. The second-order valence-corrected chi connectivity index (χ2v) is 6.43. The molecule has 0 spiro atoms. The van der Waals surface area contributed by atoms with E-state index in [9.17, 15) is 4.79 Å². The topological polar surface area (TPSA) is 70.1 Å². The molecule has 0 aromatic rings. The first-order chi connectivity index (χ1) is 9.57. The molecule has 0 radical (unpaired) electrons. The van der Waals surface area contributed by atoms with E-state index in [1.54, 1.807) is 4.90 Å². The van der Waals surface area contributed by atoms with Crippen LogP contribution in [0, 0.1) is 22.7 Å². The Hall–Kier alpha value is -1.34. The van der Waals surface area contributed by atoms with Crippen molar-refractivity contribution < 1.29 is 4.79 Å². The van der Waals surface area contributed by atoms with Crippen molar-refractivity contribution >= 4 is 6.41 Å². The SMILES string of the molecule is C=CC1(C(C)N)CCCC1.N#CC1CC2CC2N1C=O. The van der Waals surface area contributed by atoms with Gasteiger partial charge in [0.1, 0.15) is 6.04 Å². The van der Waals surface area contributed by atoms with Crippen molar-refractivity contribution in [1.29, 1.82) is 5.26 Å². The number of rotatable bonds is 3. The van der Waals surface area contributed by atoms with E-state index in [2.05, 4.69) is 25.6 Å². The molecule has 1 amide bonds. The van der Waals surface area contributed by atoms with Gasteiger partial charge in [0.05, 0.1) is 6.07 Å². The summed E-state index contributed by atoms with van der Waals surface area (Å²) in [5.74, 6) is 0.648. The van der Waals surface area contributed by atoms with Crippen molar-refractivity contribution in [2.75, 3.05) is 0 Å². The quantitative estimate of drug-likeness (QED) is 0.634. The summed E-state index contributed by atoms with van der Waals surface area (Å²) in [6, 6.07) is 2.70. The van der Waals surface area contributed by atoms with E-state index >= 15 is 0 Å². The second kappa shape index (κ2) is 5.97. The van der Waals surface area contributed by atoms with Crippen molar-refractivity contribution in [3.63, 3.8) is 0 Å². The van der Waals surface area contributed by atoms with Gasteiger partial charge in [-0.3, -0.25) is 4.79 Å². The summed E-state index contributed by atoms with van der Waals surface area (Å²) in [5, 5.41) is 8.56. The first kappa shape index (κ1) is 15.1. The van der Waals surface area contributed by atoms with Gasteiger partial charge >= 0.3 is 0 Å². The molecule has 3 rings (SSSR count). The Kier molecular flexibility index (Phi) is 4.49. The summed E-state index contributed by atoms with van der Waals surface area (Å²) in [5.41, 5.74) is 6.15. The third-order valence-corrected chi connectivity index (χ3v) is 5.27. The Morgan fingerprint density at radius 2 is 2.10 bits per heavy atom. The van der Waals surface area contributed by atoms with Crippen molar-refractivity contribution in [2.24, 2.45) is 17.1 Å². The monoisotopic (exact) mass is 275 g/mol. The fourth-order valence-electron chi connectivity index (χ4n) is 3.64. The van der Waals surface area contributed by atoms with Gasteiger partial charge in [-0.15, -0.1) is 6.58 Å². The van der Waals surface area contributed by atoms with Crippen LogP contribution in [0.3, 0.4) is 0 Å². The van der Waals surface area contributed by atoms with Crippen LogP contribution in [0.2, 0.25) is 0 Å². The molecule has 2 N–H and O–H groups in total. The number of nitriles is 1. The summed E-state index contributed by atoms with van der Waals surface area (Å²) >= 11 is 0. The normalized spacial score (nSPS) is 34.2. The molecule has 4 heteroatoms. The van der Waals surface area contributed by atoms with Crippen molar-refractivity contribution in [3.05, 3.63) is 12.7 Å². The molecule has 4 unspecified atom stereocenters. The summed E-state index contributed by atoms with van der Waals surface area (Å²) in [6.07, 6.45) is 10.0. The minimum atomic E-state index is -0.124. The molecule has 3 aliphatic rings. The molecule has 0 aromatic carbocycles. The fraction of sp³-hybridized carbons (Fsp3) is 0.750. The lowest BCUT2D eigenvalue weighted by Crippen LogP contribution is -2.35. The maximum Gasteiger partial charge on any atom is 0.211 e. The molecule has 2 aliphatic carbocycles. The number of amides is 1. The van der Waals surface area contributed by atoms with Crippen LogP contribution in [0.25, 0.3) is 0 Å². The van der Waals surface area contributed by atoms with Gasteiger partial charge in [0, 0.05) is 17.5 Å². The first-order valence-electron chi connectivity index (χ1n) is 7.59. The zero-order valence-corrected chi connectivity index (χ0v) is 12.3. The number of carbonyl (C=O) groups excluding carboxylic acids is 1. The summed E-state index contributed by atoms with van der Waals surface area (Å²) in [6.45, 7) is 5.95. The highest BCUT2D eigenvalue weighted by atomic mass is 16.1. The number of carbonyl (C=O) groups is 1. The van der Waals surface area contributed by atoms with Crippen LogP contribution in [-0.2, 0) is 4.79 Å². The lowest BCUT2D eigenvalue weighted by molar-refractivity contribution is -0.118. The minimum absolute atomic E-state index is 0.124. The van der Waals surface area contributed by atoms with E-state index in [0.717, 1.165) is 19.3 Å². The predicted molar refractivity (Wildman–Crippen MR) is 78.6 cm³/mol. The third kappa shape index (κ3) is 2.73. The molecule has 1 aliphatic heterocycles. The zero-order valence-electron chi connectivity index (χ0n) is 12.3. The van der Waals surface area contributed by atoms with Crippen molar-refractivity contribution in [2.45, 2.75) is 63.6 Å². The maximum atomic E-state index is 10.4. The second-order valence-electron chi connectivity index (χ2n) is 6.43. The first-order valence-corrected chi connectivity index (χ1v) is 7.59. The van der Waals surface area contributed by atoms with Crippen LogP contribution < -0.4 is 5.73 Å². The van der Waals surface area contributed by atoms with Gasteiger partial charge in [0.15, 0.2) is 0 Å². The van der Waals surface area contributed by atoms with Crippen LogP contribution in [0.1, 0.15) is 45.4 Å². The number of nitrogens with zero attached hydrogens (tertiary/aromatic N) is 2. The van der Waals surface area contributed by atoms with E-state index in [0.29, 0.717) is 12.0 Å². The standard InChI is InChI=1S/C9H17N.C7H8N2O/c1-3-9(8(2)10)6-4-5-7-9;8-3-6-1-5-2-7(5)9(6)4-10/h3,8H,1,4-7,10H2,2H3;4-7H,1-2H2. The average molecular weight is 275 g/mol. The molecule has 3 fully saturated rings. The predicted octanol–water partition coefficient (Wildman–Crippen LogP) is 2.21. The number of hydrogen-bond acceptors (Lipinski definition) is 3. The highest BCUT2D eigenvalue weighted by molar-refractivity contribution is 5.52. The maximum absolute atomic E-state index is 10.4. The summed E-state index contributed by atoms with van der Waals surface area (Å²) in [7, 11) is 0. The Balaban J connectivity index is 0.000000147.